The Kier molecular flexibility index (Phi) is 2.73. The van der Waals surface area contributed by atoms with Crippen LogP contribution in [0.3, 0.4) is 0 Å². The van der Waals surface area contributed by atoms with Gasteiger partial charge in [0.05, 0.1) is 19.0 Å². The van der Waals surface area contributed by atoms with E-state index in [0.29, 0.717) is 6.42 Å². The average molecular weight is 267 g/mol. The Labute approximate surface area is 106 Å². The van der Waals surface area contributed by atoms with Crippen molar-refractivity contribution in [3.8, 4) is 0 Å². The molecule has 3 rings (SSSR count). The van der Waals surface area contributed by atoms with Gasteiger partial charge in [0.15, 0.2) is 17.4 Å². The molecule has 0 spiro atoms. The molecule has 0 bridgehead atoms. The summed E-state index contributed by atoms with van der Waals surface area (Å²) in [6.45, 7) is -0.184. The quantitative estimate of drug-likeness (QED) is 0.510. The van der Waals surface area contributed by atoms with Crippen LogP contribution in [0.15, 0.2) is 11.1 Å². The van der Waals surface area contributed by atoms with E-state index >= 15 is 0 Å². The molecule has 2 aromatic heterocycles. The number of anilines is 1. The highest BCUT2D eigenvalue weighted by Gasteiger charge is 2.35. The second-order valence-electron chi connectivity index (χ2n) is 4.41. The van der Waals surface area contributed by atoms with Crippen molar-refractivity contribution in [3.63, 3.8) is 0 Å². The Bertz CT molecular complexity index is 665. The summed E-state index contributed by atoms with van der Waals surface area (Å²) in [5.74, 6) is -0.0366. The fourth-order valence-electron chi connectivity index (χ4n) is 2.23. The van der Waals surface area contributed by atoms with Gasteiger partial charge in [0.1, 0.15) is 6.10 Å². The van der Waals surface area contributed by atoms with Crippen molar-refractivity contribution in [1.82, 2.24) is 19.5 Å². The van der Waals surface area contributed by atoms with Crippen molar-refractivity contribution in [2.24, 2.45) is 0 Å². The number of aromatic amines is 1. The molecule has 5 N–H and O–H groups in total. The molecule has 0 unspecified atom stereocenters. The van der Waals surface area contributed by atoms with Gasteiger partial charge >= 0.3 is 0 Å². The second kappa shape index (κ2) is 4.30. The van der Waals surface area contributed by atoms with Gasteiger partial charge in [-0.2, -0.15) is 4.98 Å². The number of nitrogens with two attached hydrogens (primary N) is 1. The van der Waals surface area contributed by atoms with Gasteiger partial charge in [0.2, 0.25) is 5.95 Å². The molecule has 3 atom stereocenters. The van der Waals surface area contributed by atoms with Crippen molar-refractivity contribution >= 4 is 17.1 Å². The minimum absolute atomic E-state index is 0.0366. The van der Waals surface area contributed by atoms with E-state index in [0.717, 1.165) is 0 Å². The molecule has 3 heterocycles. The topological polar surface area (TPSA) is 139 Å². The first-order valence-electron chi connectivity index (χ1n) is 5.77. The number of nitrogens with one attached hydrogen (secondary N) is 1. The van der Waals surface area contributed by atoms with Crippen LogP contribution in [0.25, 0.3) is 11.2 Å². The highest BCUT2D eigenvalue weighted by molar-refractivity contribution is 5.70. The fraction of sp³-hybridized carbons (Fsp3) is 0.500. The van der Waals surface area contributed by atoms with E-state index in [-0.39, 0.29) is 23.7 Å². The highest BCUT2D eigenvalue weighted by atomic mass is 16.5. The average Bonchev–Trinajstić information content (AvgIpc) is 2.92. The first kappa shape index (κ1) is 12.1. The molecule has 2 aromatic rings. The van der Waals surface area contributed by atoms with E-state index < -0.39 is 24.0 Å². The smallest absolute Gasteiger partial charge is 0.280 e. The van der Waals surface area contributed by atoms with E-state index in [9.17, 15) is 9.90 Å². The second-order valence-corrected chi connectivity index (χ2v) is 4.41. The summed E-state index contributed by atoms with van der Waals surface area (Å²) in [7, 11) is 0. The normalized spacial score (nSPS) is 27.2. The number of H-pyrrole nitrogens is 1. The molecule has 1 aliphatic heterocycles. The molecular weight excluding hydrogens is 254 g/mol. The summed E-state index contributed by atoms with van der Waals surface area (Å²) in [5.41, 5.74) is 5.40. The van der Waals surface area contributed by atoms with Crippen molar-refractivity contribution < 1.29 is 14.9 Å². The molecule has 9 nitrogen and oxygen atoms in total. The lowest BCUT2D eigenvalue weighted by molar-refractivity contribution is -0.0486. The molecule has 0 amide bonds. The molecule has 9 heteroatoms. The van der Waals surface area contributed by atoms with E-state index in [4.69, 9.17) is 15.6 Å². The van der Waals surface area contributed by atoms with Gasteiger partial charge in [-0.15, -0.1) is 0 Å². The molecule has 102 valence electrons. The van der Waals surface area contributed by atoms with Crippen LogP contribution < -0.4 is 11.3 Å². The number of aliphatic hydroxyl groups excluding tert-OH is 2. The van der Waals surface area contributed by atoms with Crippen LogP contribution in [0, 0.1) is 0 Å². The van der Waals surface area contributed by atoms with Crippen molar-refractivity contribution in [3.05, 3.63) is 16.7 Å². The Hall–Kier alpha value is -1.97. The minimum atomic E-state index is -0.808. The number of ether oxygens (including phenoxy) is 1. The van der Waals surface area contributed by atoms with Gasteiger partial charge < -0.3 is 20.7 Å². The lowest BCUT2D eigenvalue weighted by Gasteiger charge is -2.16. The summed E-state index contributed by atoms with van der Waals surface area (Å²) < 4.78 is 6.93. The van der Waals surface area contributed by atoms with Gasteiger partial charge in [0, 0.05) is 6.42 Å². The number of nitrogens with zero attached hydrogens (tertiary/aromatic N) is 3. The summed E-state index contributed by atoms with van der Waals surface area (Å²) in [6.07, 6.45) is -0.330. The SMILES string of the molecule is Nc1nc2c(ncn2[C@H]2O[C@@H](CO)C[C@@H]2O)c(=O)[nH]1. The van der Waals surface area contributed by atoms with E-state index in [1.165, 1.54) is 10.9 Å². The van der Waals surface area contributed by atoms with Crippen molar-refractivity contribution in [2.45, 2.75) is 24.9 Å². The number of fused-ring (bicyclic) bond motifs is 1. The van der Waals surface area contributed by atoms with Crippen molar-refractivity contribution in [2.75, 3.05) is 12.3 Å². The zero-order valence-electron chi connectivity index (χ0n) is 9.85. The zero-order valence-corrected chi connectivity index (χ0v) is 9.85. The summed E-state index contributed by atoms with van der Waals surface area (Å²) in [5, 5.41) is 19.0. The van der Waals surface area contributed by atoms with E-state index in [2.05, 4.69) is 15.0 Å². The van der Waals surface area contributed by atoms with E-state index in [1.807, 2.05) is 0 Å². The van der Waals surface area contributed by atoms with Crippen LogP contribution in [0.1, 0.15) is 12.6 Å². The Morgan fingerprint density at radius 1 is 1.63 bits per heavy atom. The molecule has 19 heavy (non-hydrogen) atoms. The Morgan fingerprint density at radius 3 is 3.11 bits per heavy atom. The molecule has 0 aliphatic carbocycles. The third-order valence-corrected chi connectivity index (χ3v) is 3.09. The summed E-state index contributed by atoms with van der Waals surface area (Å²) >= 11 is 0. The van der Waals surface area contributed by atoms with Gasteiger partial charge in [-0.05, 0) is 0 Å². The van der Waals surface area contributed by atoms with Crippen LogP contribution in [-0.4, -0.2) is 48.5 Å². The van der Waals surface area contributed by atoms with Crippen molar-refractivity contribution in [1.29, 1.82) is 0 Å². The predicted molar refractivity (Wildman–Crippen MR) is 64.2 cm³/mol. The molecular formula is C10H13N5O4. The van der Waals surface area contributed by atoms with Gasteiger partial charge in [-0.3, -0.25) is 14.3 Å². The first-order chi connectivity index (χ1) is 9.10. The number of aliphatic hydroxyl groups is 2. The number of aromatic nitrogens is 4. The Morgan fingerprint density at radius 2 is 2.42 bits per heavy atom. The molecule has 0 radical (unpaired) electrons. The Balaban J connectivity index is 2.09. The summed E-state index contributed by atoms with van der Waals surface area (Å²) in [6, 6.07) is 0. The van der Waals surface area contributed by atoms with Gasteiger partial charge in [-0.1, -0.05) is 0 Å². The summed E-state index contributed by atoms with van der Waals surface area (Å²) in [4.78, 5) is 21.9. The molecule has 0 saturated carbocycles. The lowest BCUT2D eigenvalue weighted by atomic mass is 10.2. The number of imidazole rings is 1. The molecule has 1 saturated heterocycles. The van der Waals surface area contributed by atoms with Gasteiger partial charge in [-0.25, -0.2) is 4.98 Å². The number of hydrogen-bond donors (Lipinski definition) is 4. The number of nitrogen functional groups attached to an aromatic ring is 1. The monoisotopic (exact) mass is 267 g/mol. The molecule has 1 fully saturated rings. The first-order valence-corrected chi connectivity index (χ1v) is 5.77. The third kappa shape index (κ3) is 1.87. The number of hydrogen-bond acceptors (Lipinski definition) is 7. The zero-order chi connectivity index (χ0) is 13.6. The van der Waals surface area contributed by atoms with Crippen LogP contribution in [-0.2, 0) is 4.74 Å². The maximum atomic E-state index is 11.6. The third-order valence-electron chi connectivity index (χ3n) is 3.09. The molecule has 1 aliphatic rings. The molecule has 0 aromatic carbocycles. The predicted octanol–water partition coefficient (Wildman–Crippen LogP) is -1.66. The minimum Gasteiger partial charge on any atom is -0.394 e. The maximum Gasteiger partial charge on any atom is 0.280 e. The van der Waals surface area contributed by atoms with Crippen LogP contribution in [0.2, 0.25) is 0 Å². The van der Waals surface area contributed by atoms with Crippen LogP contribution in [0.5, 0.6) is 0 Å². The maximum absolute atomic E-state index is 11.6. The van der Waals surface area contributed by atoms with Crippen LogP contribution >= 0.6 is 0 Å². The number of rotatable bonds is 2. The lowest BCUT2D eigenvalue weighted by Crippen LogP contribution is -2.20. The standard InChI is InChI=1S/C10H13N5O4/c11-10-13-7-6(8(18)14-10)12-3-15(7)9-5(17)1-4(2-16)19-9/h3-5,9,16-17H,1-2H2,(H3,11,13,14,18)/t4-,5+,9+/m1/s1. The van der Waals surface area contributed by atoms with E-state index in [1.54, 1.807) is 0 Å². The highest BCUT2D eigenvalue weighted by Crippen LogP contribution is 2.30. The fourth-order valence-corrected chi connectivity index (χ4v) is 2.23. The van der Waals surface area contributed by atoms with Gasteiger partial charge in [0.25, 0.3) is 5.56 Å². The van der Waals surface area contributed by atoms with Crippen LogP contribution in [0.4, 0.5) is 5.95 Å². The largest absolute Gasteiger partial charge is 0.394 e.